The highest BCUT2D eigenvalue weighted by atomic mass is 32.2. The summed E-state index contributed by atoms with van der Waals surface area (Å²) in [5, 5.41) is 10.4. The first kappa shape index (κ1) is 33.6. The first-order valence-electron chi connectivity index (χ1n) is 16.5. The second-order valence-corrected chi connectivity index (χ2v) is 16.1. The zero-order valence-corrected chi connectivity index (χ0v) is 28.1. The summed E-state index contributed by atoms with van der Waals surface area (Å²) in [6.45, 7) is 18.0. The van der Waals surface area contributed by atoms with Gasteiger partial charge in [0.2, 0.25) is 0 Å². The summed E-state index contributed by atoms with van der Waals surface area (Å²) in [5.41, 5.74) is 3.41. The van der Waals surface area contributed by atoms with Crippen LogP contribution >= 0.6 is 0 Å². The maximum Gasteiger partial charge on any atom is 0.124 e. The van der Waals surface area contributed by atoms with E-state index in [0.29, 0.717) is 22.9 Å². The molecule has 0 spiro atoms. The third kappa shape index (κ3) is 6.86. The molecule has 42 heavy (non-hydrogen) atoms. The number of ether oxygens (including phenoxy) is 1. The quantitative estimate of drug-likeness (QED) is 0.203. The molecule has 4 unspecified atom stereocenters. The maximum absolute atomic E-state index is 10.4. The Labute approximate surface area is 256 Å². The SMILES string of the molecule is CC[N+](C)(CC)CCO[C@H]1CC[C@@]2(C)C(=CCC3C2CC[C@@]2(C)C3CC[C@@H]2C(C)O)C1.Cc1ccc(S(=O)(=O)[O-])cc1. The molecule has 4 aliphatic carbocycles. The predicted molar refractivity (Wildman–Crippen MR) is 168 cm³/mol. The number of aryl methyl sites for hydroxylation is 1. The molecule has 0 amide bonds. The van der Waals surface area contributed by atoms with Gasteiger partial charge in [-0.2, -0.15) is 0 Å². The molecule has 1 aromatic rings. The number of fused-ring (bicyclic) bond motifs is 5. The second kappa shape index (κ2) is 13.0. The van der Waals surface area contributed by atoms with Crippen molar-refractivity contribution in [1.82, 2.24) is 0 Å². The molecule has 3 saturated carbocycles. The number of nitrogens with zero attached hydrogens (tertiary/aromatic N) is 1. The summed E-state index contributed by atoms with van der Waals surface area (Å²) in [4.78, 5) is -0.178. The Morgan fingerprint density at radius 2 is 1.71 bits per heavy atom. The van der Waals surface area contributed by atoms with Crippen LogP contribution in [0.3, 0.4) is 0 Å². The molecule has 3 fully saturated rings. The number of likely N-dealkylation sites (N-methyl/N-ethyl adjacent to an activating group) is 1. The van der Waals surface area contributed by atoms with Crippen molar-refractivity contribution < 1.29 is 27.3 Å². The fourth-order valence-electron chi connectivity index (χ4n) is 9.29. The number of aliphatic hydroxyl groups is 1. The zero-order chi connectivity index (χ0) is 30.9. The third-order valence-corrected chi connectivity index (χ3v) is 13.4. The Bertz CT molecular complexity index is 1190. The van der Waals surface area contributed by atoms with Crippen molar-refractivity contribution in [1.29, 1.82) is 0 Å². The minimum absolute atomic E-state index is 0.148. The van der Waals surface area contributed by atoms with Gasteiger partial charge in [-0.1, -0.05) is 43.2 Å². The number of hydrogen-bond acceptors (Lipinski definition) is 5. The van der Waals surface area contributed by atoms with Crippen molar-refractivity contribution in [2.24, 2.45) is 34.5 Å². The van der Waals surface area contributed by atoms with Crippen LogP contribution in [0.15, 0.2) is 40.8 Å². The molecule has 0 radical (unpaired) electrons. The van der Waals surface area contributed by atoms with E-state index in [2.05, 4.69) is 40.8 Å². The van der Waals surface area contributed by atoms with Gasteiger partial charge < -0.3 is 18.9 Å². The molecular weight excluding hydrogens is 546 g/mol. The van der Waals surface area contributed by atoms with E-state index >= 15 is 0 Å². The monoisotopic (exact) mass is 603 g/mol. The fourth-order valence-corrected chi connectivity index (χ4v) is 9.76. The van der Waals surface area contributed by atoms with Crippen LogP contribution in [0.2, 0.25) is 0 Å². The average molecular weight is 604 g/mol. The number of aliphatic hydroxyl groups excluding tert-OH is 1. The summed E-state index contributed by atoms with van der Waals surface area (Å²) < 4.78 is 38.7. The molecule has 4 aliphatic rings. The van der Waals surface area contributed by atoms with Crippen LogP contribution in [0.25, 0.3) is 0 Å². The van der Waals surface area contributed by atoms with Crippen molar-refractivity contribution in [3.63, 3.8) is 0 Å². The molecular formula is C35H57NO5S. The zero-order valence-electron chi connectivity index (χ0n) is 27.3. The van der Waals surface area contributed by atoms with Crippen LogP contribution in [0, 0.1) is 41.4 Å². The van der Waals surface area contributed by atoms with E-state index in [4.69, 9.17) is 4.74 Å². The molecule has 0 aliphatic heterocycles. The predicted octanol–water partition coefficient (Wildman–Crippen LogP) is 6.72. The van der Waals surface area contributed by atoms with Gasteiger partial charge in [0.1, 0.15) is 16.7 Å². The van der Waals surface area contributed by atoms with Crippen LogP contribution in [0.1, 0.15) is 91.5 Å². The van der Waals surface area contributed by atoms with Crippen LogP contribution in [-0.4, -0.2) is 68.1 Å². The number of hydrogen-bond donors (Lipinski definition) is 1. The third-order valence-electron chi connectivity index (χ3n) is 12.5. The highest BCUT2D eigenvalue weighted by Gasteiger charge is 2.59. The van der Waals surface area contributed by atoms with E-state index in [9.17, 15) is 18.1 Å². The van der Waals surface area contributed by atoms with E-state index in [1.807, 2.05) is 13.8 Å². The summed E-state index contributed by atoms with van der Waals surface area (Å²) >= 11 is 0. The van der Waals surface area contributed by atoms with E-state index < -0.39 is 10.1 Å². The lowest BCUT2D eigenvalue weighted by Crippen LogP contribution is -2.51. The van der Waals surface area contributed by atoms with Crippen LogP contribution in [-0.2, 0) is 14.9 Å². The van der Waals surface area contributed by atoms with Gasteiger partial charge in [0, 0.05) is 0 Å². The summed E-state index contributed by atoms with van der Waals surface area (Å²) in [5.74, 6) is 3.00. The Morgan fingerprint density at radius 3 is 2.31 bits per heavy atom. The number of benzene rings is 1. The standard InChI is InChI=1S/C28H50NO2.C7H8O3S/c1-7-29(6,8-2)17-18-31-22-13-15-27(4)21(19-22)9-10-23-25-12-11-24(20(3)30)28(25,5)16-14-26(23)27;1-6-2-4-7(5-3-6)11(8,9)10/h9,20,22-26,30H,7-8,10-19H2,1-6H3;2-5H,1H3,(H,8,9,10)/q+1;/p-1/t20?,22-,23?,24+,25?,26?,27-,28+;/m0./s1. The highest BCUT2D eigenvalue weighted by molar-refractivity contribution is 7.85. The molecule has 8 atom stereocenters. The smallest absolute Gasteiger partial charge is 0.124 e. The lowest BCUT2D eigenvalue weighted by molar-refractivity contribution is -0.906. The Balaban J connectivity index is 0.000000310. The summed E-state index contributed by atoms with van der Waals surface area (Å²) in [7, 11) is -1.92. The van der Waals surface area contributed by atoms with Gasteiger partial charge in [0.15, 0.2) is 0 Å². The minimum atomic E-state index is -4.27. The normalized spacial score (nSPS) is 35.2. The maximum atomic E-state index is 10.4. The van der Waals surface area contributed by atoms with Gasteiger partial charge in [0.05, 0.1) is 43.8 Å². The highest BCUT2D eigenvalue weighted by Crippen LogP contribution is 2.66. The van der Waals surface area contributed by atoms with Gasteiger partial charge in [-0.3, -0.25) is 0 Å². The molecule has 5 rings (SSSR count). The first-order valence-corrected chi connectivity index (χ1v) is 17.9. The van der Waals surface area contributed by atoms with Gasteiger partial charge in [-0.15, -0.1) is 0 Å². The van der Waals surface area contributed by atoms with Gasteiger partial charge in [-0.25, -0.2) is 8.42 Å². The van der Waals surface area contributed by atoms with Crippen molar-refractivity contribution in [2.75, 3.05) is 33.3 Å². The lowest BCUT2D eigenvalue weighted by Gasteiger charge is -2.58. The average Bonchev–Trinajstić information content (AvgIpc) is 3.31. The largest absolute Gasteiger partial charge is 0.744 e. The summed E-state index contributed by atoms with van der Waals surface area (Å²) in [6.07, 6.45) is 13.2. The van der Waals surface area contributed by atoms with Crippen LogP contribution < -0.4 is 0 Å². The Morgan fingerprint density at radius 1 is 1.05 bits per heavy atom. The topological polar surface area (TPSA) is 86.7 Å². The van der Waals surface area contributed by atoms with Crippen molar-refractivity contribution >= 4 is 10.1 Å². The number of quaternary nitrogens is 1. The van der Waals surface area contributed by atoms with Crippen LogP contribution in [0.5, 0.6) is 0 Å². The van der Waals surface area contributed by atoms with Crippen molar-refractivity contribution in [3.8, 4) is 0 Å². The molecule has 7 heteroatoms. The molecule has 0 bridgehead atoms. The van der Waals surface area contributed by atoms with E-state index in [0.717, 1.165) is 41.0 Å². The fraction of sp³-hybridized carbons (Fsp3) is 0.771. The van der Waals surface area contributed by atoms with E-state index in [-0.39, 0.29) is 11.0 Å². The number of allylic oxidation sites excluding steroid dienone is 1. The van der Waals surface area contributed by atoms with Gasteiger partial charge >= 0.3 is 0 Å². The molecule has 0 saturated heterocycles. The van der Waals surface area contributed by atoms with Gasteiger partial charge in [0.25, 0.3) is 0 Å². The molecule has 0 aromatic heterocycles. The van der Waals surface area contributed by atoms with Gasteiger partial charge in [-0.05, 0) is 126 Å². The molecule has 1 N–H and O–H groups in total. The minimum Gasteiger partial charge on any atom is -0.744 e. The number of rotatable bonds is 8. The van der Waals surface area contributed by atoms with E-state index in [1.165, 1.54) is 76.6 Å². The van der Waals surface area contributed by atoms with Crippen molar-refractivity contribution in [2.45, 2.75) is 110 Å². The second-order valence-electron chi connectivity index (χ2n) is 14.7. The van der Waals surface area contributed by atoms with Crippen LogP contribution in [0.4, 0.5) is 0 Å². The van der Waals surface area contributed by atoms with Crippen molar-refractivity contribution in [3.05, 3.63) is 41.5 Å². The summed E-state index contributed by atoms with van der Waals surface area (Å²) in [6, 6.07) is 5.78. The molecule has 0 heterocycles. The van der Waals surface area contributed by atoms with E-state index in [1.54, 1.807) is 17.7 Å². The molecule has 238 valence electrons. The Hall–Kier alpha value is -1.25. The Kier molecular flexibility index (Phi) is 10.4. The molecule has 1 aromatic carbocycles. The lowest BCUT2D eigenvalue weighted by atomic mass is 9.47. The molecule has 6 nitrogen and oxygen atoms in total. The first-order chi connectivity index (χ1) is 19.7.